The molecular weight excluding hydrogens is 362 g/mol. The largest absolute Gasteiger partial charge is 0.361 e. The number of thiazole rings is 1. The van der Waals surface area contributed by atoms with Crippen molar-refractivity contribution >= 4 is 17.2 Å². The minimum absolute atomic E-state index is 0.0404. The first kappa shape index (κ1) is 17.8. The third kappa shape index (κ3) is 3.62. The number of likely N-dealkylation sites (tertiary alicyclic amines) is 1. The lowest BCUT2D eigenvalue weighted by Gasteiger charge is -2.23. The van der Waals surface area contributed by atoms with Gasteiger partial charge in [-0.2, -0.15) is 0 Å². The van der Waals surface area contributed by atoms with E-state index in [0.717, 1.165) is 60.6 Å². The highest BCUT2D eigenvalue weighted by Gasteiger charge is 2.30. The Hall–Kier alpha value is -2.61. The summed E-state index contributed by atoms with van der Waals surface area (Å²) in [4.78, 5) is 27.8. The molecule has 0 bridgehead atoms. The van der Waals surface area contributed by atoms with Crippen LogP contribution in [0.1, 0.15) is 46.9 Å². The molecule has 140 valence electrons. The third-order valence-electron chi connectivity index (χ3n) is 5.02. The van der Waals surface area contributed by atoms with Gasteiger partial charge in [-0.3, -0.25) is 14.8 Å². The van der Waals surface area contributed by atoms with Gasteiger partial charge in [0.25, 0.3) is 5.91 Å². The van der Waals surface area contributed by atoms with Crippen LogP contribution in [0.3, 0.4) is 0 Å². The fraction of sp³-hybridized carbons (Fsp3) is 0.421. The lowest BCUT2D eigenvalue weighted by Crippen LogP contribution is -2.36. The highest BCUT2D eigenvalue weighted by Crippen LogP contribution is 2.26. The van der Waals surface area contributed by atoms with Crippen molar-refractivity contribution in [2.24, 2.45) is 0 Å². The van der Waals surface area contributed by atoms with Crippen LogP contribution in [0.15, 0.2) is 27.8 Å². The van der Waals surface area contributed by atoms with E-state index < -0.39 is 0 Å². The van der Waals surface area contributed by atoms with Crippen LogP contribution >= 0.6 is 11.3 Å². The number of hydrogen-bond acceptors (Lipinski definition) is 7. The topological polar surface area (TPSA) is 85.0 Å². The van der Waals surface area contributed by atoms with E-state index in [1.54, 1.807) is 11.7 Å². The first-order chi connectivity index (χ1) is 13.1. The maximum absolute atomic E-state index is 12.6. The summed E-state index contributed by atoms with van der Waals surface area (Å²) < 4.78 is 5.20. The molecule has 1 aliphatic heterocycles. The van der Waals surface area contributed by atoms with Crippen LogP contribution in [0.5, 0.6) is 0 Å². The summed E-state index contributed by atoms with van der Waals surface area (Å²) in [5, 5.41) is 5.78. The highest BCUT2D eigenvalue weighted by atomic mass is 32.1. The van der Waals surface area contributed by atoms with Gasteiger partial charge in [0, 0.05) is 24.2 Å². The number of aryl methyl sites for hydroxylation is 3. The Morgan fingerprint density at radius 2 is 2.19 bits per heavy atom. The first-order valence-corrected chi connectivity index (χ1v) is 10.0. The average molecular weight is 383 g/mol. The van der Waals surface area contributed by atoms with Crippen molar-refractivity contribution in [2.45, 2.75) is 45.6 Å². The van der Waals surface area contributed by atoms with Gasteiger partial charge in [-0.25, -0.2) is 4.98 Å². The number of nitrogens with zero attached hydrogens (tertiary/aromatic N) is 5. The summed E-state index contributed by atoms with van der Waals surface area (Å²) >= 11 is 1.45. The SMILES string of the molecule is Cc1noc(C)c1-c1cnc(CCC2CCCN2C(=O)c2cscn2)cn1. The summed E-state index contributed by atoms with van der Waals surface area (Å²) in [5.74, 6) is 0.787. The Balaban J connectivity index is 1.40. The molecule has 7 nitrogen and oxygen atoms in total. The first-order valence-electron chi connectivity index (χ1n) is 9.07. The molecule has 8 heteroatoms. The van der Waals surface area contributed by atoms with Crippen molar-refractivity contribution in [3.63, 3.8) is 0 Å². The quantitative estimate of drug-likeness (QED) is 0.671. The molecule has 0 spiro atoms. The minimum atomic E-state index is 0.0404. The van der Waals surface area contributed by atoms with E-state index in [1.165, 1.54) is 11.3 Å². The normalized spacial score (nSPS) is 16.8. The monoisotopic (exact) mass is 383 g/mol. The zero-order valence-corrected chi connectivity index (χ0v) is 16.2. The van der Waals surface area contributed by atoms with Gasteiger partial charge < -0.3 is 9.42 Å². The fourth-order valence-corrected chi connectivity index (χ4v) is 4.17. The maximum Gasteiger partial charge on any atom is 0.273 e. The van der Waals surface area contributed by atoms with Gasteiger partial charge in [0.2, 0.25) is 0 Å². The highest BCUT2D eigenvalue weighted by molar-refractivity contribution is 7.07. The van der Waals surface area contributed by atoms with E-state index in [1.807, 2.05) is 30.3 Å². The molecule has 27 heavy (non-hydrogen) atoms. The van der Waals surface area contributed by atoms with E-state index in [0.29, 0.717) is 5.69 Å². The zero-order chi connectivity index (χ0) is 18.8. The summed E-state index contributed by atoms with van der Waals surface area (Å²) in [6, 6.07) is 0.239. The van der Waals surface area contributed by atoms with Gasteiger partial charge in [-0.05, 0) is 39.5 Å². The van der Waals surface area contributed by atoms with E-state index in [-0.39, 0.29) is 11.9 Å². The molecule has 4 rings (SSSR count). The van der Waals surface area contributed by atoms with Crippen LogP contribution < -0.4 is 0 Å². The Kier molecular flexibility index (Phi) is 4.98. The molecule has 4 heterocycles. The van der Waals surface area contributed by atoms with Gasteiger partial charge in [-0.1, -0.05) is 5.16 Å². The van der Waals surface area contributed by atoms with Crippen molar-refractivity contribution in [1.29, 1.82) is 0 Å². The van der Waals surface area contributed by atoms with E-state index in [9.17, 15) is 4.79 Å². The van der Waals surface area contributed by atoms with Gasteiger partial charge in [0.05, 0.1) is 34.4 Å². The molecule has 0 radical (unpaired) electrons. The molecule has 1 amide bonds. The summed E-state index contributed by atoms with van der Waals surface area (Å²) in [6.07, 6.45) is 7.32. The molecule has 0 N–H and O–H groups in total. The van der Waals surface area contributed by atoms with Gasteiger partial charge in [-0.15, -0.1) is 11.3 Å². The Morgan fingerprint density at radius 1 is 1.30 bits per heavy atom. The van der Waals surface area contributed by atoms with Crippen molar-refractivity contribution in [2.75, 3.05) is 6.54 Å². The molecule has 1 saturated heterocycles. The second-order valence-electron chi connectivity index (χ2n) is 6.80. The second kappa shape index (κ2) is 7.56. The van der Waals surface area contributed by atoms with Crippen molar-refractivity contribution < 1.29 is 9.32 Å². The van der Waals surface area contributed by atoms with Crippen LogP contribution in [0.2, 0.25) is 0 Å². The molecule has 0 saturated carbocycles. The standard InChI is InChI=1S/C19H21N5O2S/c1-12-18(13(2)26-23-12)16-9-20-14(8-21-16)5-6-15-4-3-7-24(15)19(25)17-10-27-11-22-17/h8-11,15H,3-7H2,1-2H3. The van der Waals surface area contributed by atoms with E-state index in [4.69, 9.17) is 4.52 Å². The maximum atomic E-state index is 12.6. The summed E-state index contributed by atoms with van der Waals surface area (Å²) in [5.41, 5.74) is 5.68. The number of aromatic nitrogens is 4. The van der Waals surface area contributed by atoms with E-state index in [2.05, 4.69) is 20.1 Å². The molecule has 0 aromatic carbocycles. The number of carbonyl (C=O) groups excluding carboxylic acids is 1. The van der Waals surface area contributed by atoms with Crippen molar-refractivity contribution in [1.82, 2.24) is 25.0 Å². The summed E-state index contributed by atoms with van der Waals surface area (Å²) in [6.45, 7) is 4.58. The molecule has 0 aliphatic carbocycles. The lowest BCUT2D eigenvalue weighted by atomic mass is 10.1. The van der Waals surface area contributed by atoms with E-state index >= 15 is 0 Å². The minimum Gasteiger partial charge on any atom is -0.361 e. The molecule has 1 unspecified atom stereocenters. The molecule has 1 fully saturated rings. The van der Waals surface area contributed by atoms with Crippen LogP contribution in [0.25, 0.3) is 11.3 Å². The molecule has 1 atom stereocenters. The molecule has 1 aliphatic rings. The molecular formula is C19H21N5O2S. The number of hydrogen-bond donors (Lipinski definition) is 0. The van der Waals surface area contributed by atoms with Crippen molar-refractivity contribution in [3.8, 4) is 11.3 Å². The van der Waals surface area contributed by atoms with Crippen molar-refractivity contribution in [3.05, 3.63) is 46.1 Å². The van der Waals surface area contributed by atoms with Gasteiger partial charge in [0.1, 0.15) is 11.5 Å². The third-order valence-corrected chi connectivity index (χ3v) is 5.60. The zero-order valence-electron chi connectivity index (χ0n) is 15.4. The predicted molar refractivity (Wildman–Crippen MR) is 101 cm³/mol. The Bertz CT molecular complexity index is 901. The second-order valence-corrected chi connectivity index (χ2v) is 7.52. The number of amides is 1. The van der Waals surface area contributed by atoms with Crippen LogP contribution in [-0.2, 0) is 6.42 Å². The number of carbonyl (C=O) groups is 1. The van der Waals surface area contributed by atoms with Crippen LogP contribution in [0, 0.1) is 13.8 Å². The Labute approximate surface area is 161 Å². The van der Waals surface area contributed by atoms with Gasteiger partial charge in [0.15, 0.2) is 0 Å². The summed E-state index contributed by atoms with van der Waals surface area (Å²) in [7, 11) is 0. The predicted octanol–water partition coefficient (Wildman–Crippen LogP) is 3.44. The Morgan fingerprint density at radius 3 is 2.85 bits per heavy atom. The average Bonchev–Trinajstić information content (AvgIpc) is 3.42. The fourth-order valence-electron chi connectivity index (χ4n) is 3.64. The smallest absolute Gasteiger partial charge is 0.273 e. The molecule has 3 aromatic heterocycles. The lowest BCUT2D eigenvalue weighted by molar-refractivity contribution is 0.0725. The van der Waals surface area contributed by atoms with Gasteiger partial charge >= 0.3 is 0 Å². The number of rotatable bonds is 5. The van der Waals surface area contributed by atoms with Crippen LogP contribution in [-0.4, -0.2) is 43.5 Å². The van der Waals surface area contributed by atoms with Crippen LogP contribution in [0.4, 0.5) is 0 Å². The molecule has 3 aromatic rings.